The predicted octanol–water partition coefficient (Wildman–Crippen LogP) is 4.19. The molecule has 0 aliphatic carbocycles. The predicted molar refractivity (Wildman–Crippen MR) is 163 cm³/mol. The second-order valence-electron chi connectivity index (χ2n) is 12.6. The lowest BCUT2D eigenvalue weighted by molar-refractivity contribution is 0.0161. The van der Waals surface area contributed by atoms with E-state index in [4.69, 9.17) is 25.8 Å². The molecule has 0 radical (unpaired) electrons. The lowest BCUT2D eigenvalue weighted by Gasteiger charge is -2.37. The number of amides is 2. The van der Waals surface area contributed by atoms with Gasteiger partial charge >= 0.3 is 6.09 Å². The lowest BCUT2D eigenvalue weighted by Crippen LogP contribution is -2.47. The van der Waals surface area contributed by atoms with Crippen molar-refractivity contribution in [2.45, 2.75) is 58.0 Å². The third-order valence-corrected chi connectivity index (χ3v) is 8.32. The van der Waals surface area contributed by atoms with Crippen molar-refractivity contribution >= 4 is 34.5 Å². The largest absolute Gasteiger partial charge is 0.481 e. The van der Waals surface area contributed by atoms with Crippen LogP contribution in [0.2, 0.25) is 5.02 Å². The Morgan fingerprint density at radius 3 is 2.51 bits per heavy atom. The van der Waals surface area contributed by atoms with Gasteiger partial charge in [-0.3, -0.25) is 14.5 Å². The summed E-state index contributed by atoms with van der Waals surface area (Å²) >= 11 is 6.00. The number of rotatable bonds is 5. The van der Waals surface area contributed by atoms with E-state index in [-0.39, 0.29) is 23.6 Å². The summed E-state index contributed by atoms with van der Waals surface area (Å²) in [5.41, 5.74) is 0.843. The molecule has 3 aromatic rings. The minimum absolute atomic E-state index is 0.0648. The summed E-state index contributed by atoms with van der Waals surface area (Å²) in [5.74, 6) is 0.136. The zero-order valence-electron chi connectivity index (χ0n) is 24.8. The van der Waals surface area contributed by atoms with Gasteiger partial charge in [0.15, 0.2) is 0 Å². The van der Waals surface area contributed by atoms with Gasteiger partial charge < -0.3 is 29.0 Å². The Morgan fingerprint density at radius 1 is 1.05 bits per heavy atom. The number of carbonyl (C=O) groups is 2. The number of halogens is 1. The molecule has 3 aliphatic rings. The quantitative estimate of drug-likeness (QED) is 0.463. The van der Waals surface area contributed by atoms with E-state index in [1.54, 1.807) is 23.2 Å². The van der Waals surface area contributed by atoms with Crippen molar-refractivity contribution in [2.75, 3.05) is 39.4 Å². The second kappa shape index (κ2) is 11.5. The van der Waals surface area contributed by atoms with Crippen LogP contribution in [0.15, 0.2) is 47.4 Å². The normalized spacial score (nSPS) is 20.3. The molecule has 2 aromatic carbocycles. The molecule has 6 rings (SSSR count). The lowest BCUT2D eigenvalue weighted by atomic mass is 9.97. The van der Waals surface area contributed by atoms with Crippen molar-refractivity contribution < 1.29 is 23.8 Å². The number of hydrogen-bond acceptors (Lipinski definition) is 7. The maximum Gasteiger partial charge on any atom is 0.410 e. The molecule has 3 aliphatic heterocycles. The highest BCUT2D eigenvalue weighted by Gasteiger charge is 2.46. The number of hydrogen-bond donors (Lipinski definition) is 1. The van der Waals surface area contributed by atoms with Crippen molar-refractivity contribution in [1.29, 1.82) is 0 Å². The zero-order chi connectivity index (χ0) is 30.4. The van der Waals surface area contributed by atoms with Crippen LogP contribution >= 0.6 is 11.6 Å². The maximum absolute atomic E-state index is 13.9. The summed E-state index contributed by atoms with van der Waals surface area (Å²) in [7, 11) is 0. The van der Waals surface area contributed by atoms with Gasteiger partial charge in [0.2, 0.25) is 5.43 Å². The van der Waals surface area contributed by atoms with Crippen LogP contribution in [0.5, 0.6) is 5.75 Å². The summed E-state index contributed by atoms with van der Waals surface area (Å²) in [6.45, 7) is 10.5. The summed E-state index contributed by atoms with van der Waals surface area (Å²) in [6.07, 6.45) is 1.84. The van der Waals surface area contributed by atoms with Crippen LogP contribution in [0.3, 0.4) is 0 Å². The summed E-state index contributed by atoms with van der Waals surface area (Å²) in [6, 6.07) is 11.1. The second-order valence-corrected chi connectivity index (χ2v) is 13.1. The van der Waals surface area contributed by atoms with Crippen LogP contribution in [0, 0.1) is 0 Å². The third kappa shape index (κ3) is 6.37. The maximum atomic E-state index is 13.9. The first-order valence-corrected chi connectivity index (χ1v) is 15.1. The highest BCUT2D eigenvalue weighted by molar-refractivity contribution is 6.30. The van der Waals surface area contributed by atoms with Crippen LogP contribution in [0.1, 0.15) is 48.7 Å². The molecule has 0 bridgehead atoms. The van der Waals surface area contributed by atoms with Gasteiger partial charge in [-0.1, -0.05) is 23.7 Å². The van der Waals surface area contributed by atoms with Gasteiger partial charge in [0.1, 0.15) is 22.5 Å². The molecule has 2 amide bonds. The van der Waals surface area contributed by atoms with Crippen molar-refractivity contribution in [1.82, 2.24) is 19.7 Å². The fourth-order valence-electron chi connectivity index (χ4n) is 6.03. The van der Waals surface area contributed by atoms with Gasteiger partial charge in [0.05, 0.1) is 37.2 Å². The number of ether oxygens (including phenoxy) is 3. The first-order chi connectivity index (χ1) is 20.5. The summed E-state index contributed by atoms with van der Waals surface area (Å²) in [4.78, 5) is 44.2. The van der Waals surface area contributed by atoms with Crippen LogP contribution in [0.25, 0.3) is 10.9 Å². The van der Waals surface area contributed by atoms with E-state index in [1.165, 1.54) is 0 Å². The Morgan fingerprint density at radius 2 is 1.79 bits per heavy atom. The van der Waals surface area contributed by atoms with Crippen LogP contribution in [-0.4, -0.2) is 77.0 Å². The van der Waals surface area contributed by atoms with Crippen molar-refractivity contribution in [2.24, 2.45) is 0 Å². The van der Waals surface area contributed by atoms with Crippen LogP contribution in [0.4, 0.5) is 4.79 Å². The van der Waals surface area contributed by atoms with E-state index in [1.807, 2.05) is 49.6 Å². The van der Waals surface area contributed by atoms with Crippen LogP contribution < -0.4 is 15.5 Å². The smallest absolute Gasteiger partial charge is 0.410 e. The molecule has 10 nitrogen and oxygen atoms in total. The van der Waals surface area contributed by atoms with E-state index in [0.717, 1.165) is 24.2 Å². The Bertz CT molecular complexity index is 1610. The molecule has 2 saturated heterocycles. The topological polar surface area (TPSA) is 102 Å². The summed E-state index contributed by atoms with van der Waals surface area (Å²) in [5, 5.41) is 3.94. The monoisotopic (exact) mass is 608 g/mol. The van der Waals surface area contributed by atoms with Crippen molar-refractivity contribution in [3.8, 4) is 5.75 Å². The molecule has 1 unspecified atom stereocenters. The Labute approximate surface area is 255 Å². The van der Waals surface area contributed by atoms with E-state index in [9.17, 15) is 14.4 Å². The third-order valence-electron chi connectivity index (χ3n) is 8.07. The van der Waals surface area contributed by atoms with Gasteiger partial charge in [-0.2, -0.15) is 0 Å². The highest BCUT2D eigenvalue weighted by Crippen LogP contribution is 2.39. The van der Waals surface area contributed by atoms with Gasteiger partial charge in [0.25, 0.3) is 5.91 Å². The molecule has 1 aromatic heterocycles. The SMILES string of the molecule is CC(C)(C)OC(=O)N1CCC2(C1)Cn1cc(C(=O)NCc3ccc(Cl)cc3)c(=O)c3cc(CN4CCOCC4)cc(c31)O2. The molecule has 11 heteroatoms. The Hall–Kier alpha value is -3.60. The number of nitrogens with one attached hydrogen (secondary N) is 1. The molecule has 1 spiro atoms. The number of benzene rings is 2. The number of aromatic nitrogens is 1. The van der Waals surface area contributed by atoms with Gasteiger partial charge in [-0.05, 0) is 56.2 Å². The molecular formula is C32H37ClN4O6. The first-order valence-electron chi connectivity index (χ1n) is 14.7. The molecule has 4 heterocycles. The molecule has 228 valence electrons. The molecule has 0 saturated carbocycles. The molecular weight excluding hydrogens is 572 g/mol. The minimum Gasteiger partial charge on any atom is -0.481 e. The first kappa shape index (κ1) is 29.5. The van der Waals surface area contributed by atoms with Gasteiger partial charge in [0, 0.05) is 50.4 Å². The van der Waals surface area contributed by atoms with E-state index in [0.29, 0.717) is 67.5 Å². The summed E-state index contributed by atoms with van der Waals surface area (Å²) < 4.78 is 19.8. The average molecular weight is 609 g/mol. The van der Waals surface area contributed by atoms with Crippen LogP contribution in [-0.2, 0) is 29.1 Å². The number of nitrogens with zero attached hydrogens (tertiary/aromatic N) is 3. The number of pyridine rings is 1. The number of likely N-dealkylation sites (tertiary alicyclic amines) is 1. The van der Waals surface area contributed by atoms with E-state index < -0.39 is 17.1 Å². The highest BCUT2D eigenvalue weighted by atomic mass is 35.5. The molecule has 1 atom stereocenters. The molecule has 1 N–H and O–H groups in total. The Kier molecular flexibility index (Phi) is 7.87. The van der Waals surface area contributed by atoms with Crippen molar-refractivity contribution in [3.63, 3.8) is 0 Å². The zero-order valence-corrected chi connectivity index (χ0v) is 25.5. The fraction of sp³-hybridized carbons (Fsp3) is 0.469. The standard InChI is InChI=1S/C32H37ClN4O6/c1-31(2,3)43-30(40)36-9-8-32(19-36)20-37-18-25(29(39)34-16-21-4-6-23(33)7-5-21)28(38)24-14-22(15-26(42-32)27(24)37)17-35-10-12-41-13-11-35/h4-7,14-15,18H,8-13,16-17,19-20H2,1-3H3,(H,34,39). The molecule has 2 fully saturated rings. The number of morpholine rings is 1. The van der Waals surface area contributed by atoms with Crippen molar-refractivity contribution in [3.05, 3.63) is 74.5 Å². The van der Waals surface area contributed by atoms with Gasteiger partial charge in [-0.15, -0.1) is 0 Å². The number of carbonyl (C=O) groups excluding carboxylic acids is 2. The van der Waals surface area contributed by atoms with Gasteiger partial charge in [-0.25, -0.2) is 4.79 Å². The Balaban J connectivity index is 1.35. The minimum atomic E-state index is -0.722. The average Bonchev–Trinajstić information content (AvgIpc) is 3.36. The molecule has 43 heavy (non-hydrogen) atoms. The van der Waals surface area contributed by atoms with E-state index >= 15 is 0 Å². The van der Waals surface area contributed by atoms with E-state index in [2.05, 4.69) is 10.2 Å². The fourth-order valence-corrected chi connectivity index (χ4v) is 6.15.